The van der Waals surface area contributed by atoms with Crippen molar-refractivity contribution in [3.05, 3.63) is 58.6 Å². The van der Waals surface area contributed by atoms with Gasteiger partial charge in [0, 0.05) is 34.9 Å². The third-order valence-corrected chi connectivity index (χ3v) is 7.10. The van der Waals surface area contributed by atoms with Crippen LogP contribution in [-0.2, 0) is 0 Å². The van der Waals surface area contributed by atoms with Crippen molar-refractivity contribution in [1.29, 1.82) is 0 Å². The van der Waals surface area contributed by atoms with Crippen molar-refractivity contribution in [2.45, 2.75) is 31.9 Å². The monoisotopic (exact) mass is 466 g/mol. The molecule has 6 rings (SSSR count). The van der Waals surface area contributed by atoms with E-state index >= 15 is 0 Å². The number of pyridine rings is 2. The molecule has 0 aromatic carbocycles. The molecule has 0 bridgehead atoms. The van der Waals surface area contributed by atoms with E-state index in [0.29, 0.717) is 23.2 Å². The van der Waals surface area contributed by atoms with Gasteiger partial charge < -0.3 is 9.64 Å². The van der Waals surface area contributed by atoms with Crippen LogP contribution in [0.1, 0.15) is 28.8 Å². The van der Waals surface area contributed by atoms with Crippen LogP contribution in [0.4, 0.5) is 0 Å². The molecule has 1 aliphatic heterocycles. The highest BCUT2D eigenvalue weighted by Gasteiger charge is 2.76. The van der Waals surface area contributed by atoms with Crippen LogP contribution in [0.3, 0.4) is 0 Å². The van der Waals surface area contributed by atoms with Gasteiger partial charge in [0.15, 0.2) is 5.82 Å². The molecule has 0 N–H and O–H groups in total. The summed E-state index contributed by atoms with van der Waals surface area (Å²) in [5.74, 6) is 1.57. The SMILES string of the molecule is Cc1cnc(-n2nccn2)c(C(=O)N2CC3CC34CC(Oc3ccc(Br)cn3)C24)c1. The Morgan fingerprint density at radius 3 is 2.80 bits per heavy atom. The maximum atomic E-state index is 13.7. The number of amides is 1. The zero-order valence-corrected chi connectivity index (χ0v) is 17.9. The first-order valence-corrected chi connectivity index (χ1v) is 10.8. The Kier molecular flexibility index (Phi) is 3.80. The standard InChI is InChI=1S/C21H19BrN6O2/c1-12-6-15(19(24-9-12)28-25-4-5-26-28)20(29)27-11-13-7-21(13)8-16(18(21)27)30-17-3-2-14(22)10-23-17/h2-6,9-10,13,16,18H,7-8,11H2,1H3. The summed E-state index contributed by atoms with van der Waals surface area (Å²) in [5, 5.41) is 8.34. The maximum absolute atomic E-state index is 13.7. The number of rotatable bonds is 4. The predicted octanol–water partition coefficient (Wildman–Crippen LogP) is 2.81. The van der Waals surface area contributed by atoms with Gasteiger partial charge in [0.2, 0.25) is 5.88 Å². The molecule has 4 atom stereocenters. The molecular weight excluding hydrogens is 448 g/mol. The second-order valence-electron chi connectivity index (χ2n) is 8.41. The lowest BCUT2D eigenvalue weighted by molar-refractivity contribution is -0.0345. The zero-order valence-electron chi connectivity index (χ0n) is 16.3. The lowest BCUT2D eigenvalue weighted by Gasteiger charge is -2.47. The van der Waals surface area contributed by atoms with Crippen molar-refractivity contribution >= 4 is 21.8 Å². The summed E-state index contributed by atoms with van der Waals surface area (Å²) in [5.41, 5.74) is 1.67. The number of ether oxygens (including phenoxy) is 1. The van der Waals surface area contributed by atoms with Gasteiger partial charge in [-0.25, -0.2) is 9.97 Å². The molecule has 8 nitrogen and oxygen atoms in total. The lowest BCUT2D eigenvalue weighted by Crippen LogP contribution is -2.59. The summed E-state index contributed by atoms with van der Waals surface area (Å²) in [6.45, 7) is 2.69. The summed E-state index contributed by atoms with van der Waals surface area (Å²) >= 11 is 3.40. The van der Waals surface area contributed by atoms with Gasteiger partial charge in [-0.05, 0) is 59.3 Å². The lowest BCUT2D eigenvalue weighted by atomic mass is 9.73. The molecule has 9 heteroatoms. The van der Waals surface area contributed by atoms with Gasteiger partial charge in [-0.3, -0.25) is 4.79 Å². The number of halogens is 1. The summed E-state index contributed by atoms with van der Waals surface area (Å²) < 4.78 is 7.09. The molecule has 4 unspecified atom stereocenters. The minimum absolute atomic E-state index is 0.0351. The second kappa shape index (κ2) is 6.34. The van der Waals surface area contributed by atoms with E-state index in [1.165, 1.54) is 11.2 Å². The normalized spacial score (nSPS) is 28.5. The Bertz CT molecular complexity index is 1130. The minimum Gasteiger partial charge on any atom is -0.472 e. The molecule has 3 aliphatic rings. The van der Waals surface area contributed by atoms with Crippen molar-refractivity contribution < 1.29 is 9.53 Å². The molecule has 1 saturated heterocycles. The van der Waals surface area contributed by atoms with Crippen LogP contribution in [0.5, 0.6) is 5.88 Å². The first-order chi connectivity index (χ1) is 14.5. The molecule has 4 heterocycles. The Labute approximate surface area is 181 Å². The zero-order chi connectivity index (χ0) is 20.5. The first-order valence-electron chi connectivity index (χ1n) is 9.98. The summed E-state index contributed by atoms with van der Waals surface area (Å²) in [7, 11) is 0. The number of hydrogen-bond donors (Lipinski definition) is 0. The van der Waals surface area contributed by atoms with Crippen molar-refractivity contribution in [1.82, 2.24) is 29.9 Å². The van der Waals surface area contributed by atoms with Crippen molar-refractivity contribution in [2.24, 2.45) is 11.3 Å². The van der Waals surface area contributed by atoms with E-state index in [9.17, 15) is 4.79 Å². The van der Waals surface area contributed by atoms with Crippen LogP contribution in [0.25, 0.3) is 5.82 Å². The molecule has 3 aromatic heterocycles. The van der Waals surface area contributed by atoms with Crippen LogP contribution in [0.2, 0.25) is 0 Å². The maximum Gasteiger partial charge on any atom is 0.258 e. The Hall–Kier alpha value is -2.81. The molecule has 3 aromatic rings. The second-order valence-corrected chi connectivity index (χ2v) is 9.33. The number of hydrogen-bond acceptors (Lipinski definition) is 6. The first kappa shape index (κ1) is 18.0. The van der Waals surface area contributed by atoms with Crippen LogP contribution >= 0.6 is 15.9 Å². The van der Waals surface area contributed by atoms with E-state index in [-0.39, 0.29) is 23.5 Å². The third-order valence-electron chi connectivity index (χ3n) is 6.63. The van der Waals surface area contributed by atoms with Gasteiger partial charge in [0.25, 0.3) is 5.91 Å². The molecule has 0 radical (unpaired) electrons. The van der Waals surface area contributed by atoms with Gasteiger partial charge in [-0.15, -0.1) is 4.80 Å². The van der Waals surface area contributed by atoms with Gasteiger partial charge in [-0.2, -0.15) is 10.2 Å². The van der Waals surface area contributed by atoms with Gasteiger partial charge in [-0.1, -0.05) is 0 Å². The van der Waals surface area contributed by atoms with E-state index in [2.05, 4.69) is 36.1 Å². The highest BCUT2D eigenvalue weighted by atomic mass is 79.9. The van der Waals surface area contributed by atoms with Crippen molar-refractivity contribution in [2.75, 3.05) is 6.54 Å². The number of piperidine rings is 1. The number of likely N-dealkylation sites (tertiary alicyclic amines) is 1. The topological polar surface area (TPSA) is 86.0 Å². The summed E-state index contributed by atoms with van der Waals surface area (Å²) in [4.78, 5) is 25.8. The molecule has 1 spiro atoms. The van der Waals surface area contributed by atoms with E-state index in [4.69, 9.17) is 4.74 Å². The fraction of sp³-hybridized carbons (Fsp3) is 0.381. The number of aryl methyl sites for hydroxylation is 1. The highest BCUT2D eigenvalue weighted by Crippen LogP contribution is 2.71. The molecule has 2 aliphatic carbocycles. The van der Waals surface area contributed by atoms with E-state index < -0.39 is 0 Å². The van der Waals surface area contributed by atoms with Gasteiger partial charge in [0.1, 0.15) is 6.10 Å². The molecule has 2 saturated carbocycles. The summed E-state index contributed by atoms with van der Waals surface area (Å²) in [6, 6.07) is 5.71. The number of carbonyl (C=O) groups excluding carboxylic acids is 1. The van der Waals surface area contributed by atoms with Crippen LogP contribution < -0.4 is 4.74 Å². The van der Waals surface area contributed by atoms with Crippen LogP contribution in [-0.4, -0.2) is 54.5 Å². The van der Waals surface area contributed by atoms with Crippen LogP contribution in [0.15, 0.2) is 47.5 Å². The highest BCUT2D eigenvalue weighted by molar-refractivity contribution is 9.10. The number of aromatic nitrogens is 5. The van der Waals surface area contributed by atoms with Crippen molar-refractivity contribution in [3.63, 3.8) is 0 Å². The molecule has 152 valence electrons. The van der Waals surface area contributed by atoms with Gasteiger partial charge >= 0.3 is 0 Å². The van der Waals surface area contributed by atoms with Crippen molar-refractivity contribution in [3.8, 4) is 11.7 Å². The largest absolute Gasteiger partial charge is 0.472 e. The van der Waals surface area contributed by atoms with Crippen LogP contribution in [0, 0.1) is 18.3 Å². The van der Waals surface area contributed by atoms with E-state index in [0.717, 1.165) is 23.0 Å². The average molecular weight is 467 g/mol. The van der Waals surface area contributed by atoms with E-state index in [1.807, 2.05) is 30.0 Å². The third kappa shape index (κ3) is 2.61. The fourth-order valence-corrected chi connectivity index (χ4v) is 5.43. The number of carbonyl (C=O) groups is 1. The Morgan fingerprint density at radius 1 is 1.20 bits per heavy atom. The average Bonchev–Trinajstić information content (AvgIpc) is 3.10. The van der Waals surface area contributed by atoms with E-state index in [1.54, 1.807) is 24.8 Å². The molecule has 1 amide bonds. The fourth-order valence-electron chi connectivity index (χ4n) is 5.20. The summed E-state index contributed by atoms with van der Waals surface area (Å²) in [6.07, 6.45) is 8.72. The quantitative estimate of drug-likeness (QED) is 0.587. The minimum atomic E-state index is -0.0424. The predicted molar refractivity (Wildman–Crippen MR) is 110 cm³/mol. The Morgan fingerprint density at radius 2 is 2.03 bits per heavy atom. The molecular formula is C21H19BrN6O2. The Balaban J connectivity index is 1.30. The smallest absolute Gasteiger partial charge is 0.258 e. The van der Waals surface area contributed by atoms with Gasteiger partial charge in [0.05, 0.1) is 24.0 Å². The molecule has 3 fully saturated rings. The number of nitrogens with zero attached hydrogens (tertiary/aromatic N) is 6. The molecule has 30 heavy (non-hydrogen) atoms.